The normalized spacial score (nSPS) is 24.8. The van der Waals surface area contributed by atoms with Gasteiger partial charge in [0.15, 0.2) is 0 Å². The van der Waals surface area contributed by atoms with Gasteiger partial charge in [-0.25, -0.2) is 15.0 Å². The van der Waals surface area contributed by atoms with Gasteiger partial charge in [0.1, 0.15) is 22.6 Å². The van der Waals surface area contributed by atoms with Crippen LogP contribution in [0.15, 0.2) is 0 Å². The first kappa shape index (κ1) is 26.0. The number of hydrogen-bond donors (Lipinski definition) is 0. The van der Waals surface area contributed by atoms with Crippen molar-refractivity contribution in [3.63, 3.8) is 0 Å². The summed E-state index contributed by atoms with van der Waals surface area (Å²) in [5, 5.41) is 10.2. The maximum Gasteiger partial charge on any atom is 0.236 e. The molecule has 2 fully saturated rings. The zero-order valence-corrected chi connectivity index (χ0v) is 23.2. The van der Waals surface area contributed by atoms with Gasteiger partial charge in [0.2, 0.25) is 5.91 Å². The molecule has 7 heteroatoms. The Kier molecular flexibility index (Phi) is 7.52. The number of nitriles is 1. The molecule has 0 spiro atoms. The molecular weight excluding hydrogens is 454 g/mol. The monoisotopic (exact) mass is 495 g/mol. The van der Waals surface area contributed by atoms with Crippen LogP contribution in [0.3, 0.4) is 0 Å². The van der Waals surface area contributed by atoms with E-state index in [0.29, 0.717) is 23.2 Å². The molecule has 0 bridgehead atoms. The second-order valence-corrected chi connectivity index (χ2v) is 13.4. The quantitative estimate of drug-likeness (QED) is 0.477. The number of fused-ring (bicyclic) bond motifs is 1. The minimum atomic E-state index is -0.0392. The maximum absolute atomic E-state index is 12.5. The van der Waals surface area contributed by atoms with Crippen LogP contribution in [-0.2, 0) is 11.2 Å². The van der Waals surface area contributed by atoms with Gasteiger partial charge >= 0.3 is 0 Å². The Morgan fingerprint density at radius 2 is 1.86 bits per heavy atom. The summed E-state index contributed by atoms with van der Waals surface area (Å²) in [6.45, 7) is 15.0. The van der Waals surface area contributed by atoms with Crippen LogP contribution in [0.25, 0.3) is 10.3 Å². The van der Waals surface area contributed by atoms with Crippen LogP contribution < -0.4 is 0 Å². The number of thiazole rings is 1. The number of carbonyl (C=O) groups is 1. The molecule has 1 saturated heterocycles. The van der Waals surface area contributed by atoms with Crippen LogP contribution in [0.1, 0.15) is 102 Å². The van der Waals surface area contributed by atoms with Gasteiger partial charge < -0.3 is 4.90 Å². The molecule has 0 aromatic carbocycles. The van der Waals surface area contributed by atoms with Crippen molar-refractivity contribution in [1.82, 2.24) is 19.9 Å². The van der Waals surface area contributed by atoms with E-state index in [9.17, 15) is 4.79 Å². The third-order valence-electron chi connectivity index (χ3n) is 8.79. The average Bonchev–Trinajstić information content (AvgIpc) is 3.16. The lowest BCUT2D eigenvalue weighted by molar-refractivity contribution is -0.131. The molecule has 0 radical (unpaired) electrons. The molecule has 0 N–H and O–H groups in total. The van der Waals surface area contributed by atoms with Crippen LogP contribution in [0.5, 0.6) is 0 Å². The molecule has 1 aliphatic heterocycles. The van der Waals surface area contributed by atoms with Crippen molar-refractivity contribution in [3.05, 3.63) is 16.5 Å². The summed E-state index contributed by atoms with van der Waals surface area (Å²) in [5.74, 6) is 2.30. The summed E-state index contributed by atoms with van der Waals surface area (Å²) in [6, 6.07) is 2.02. The van der Waals surface area contributed by atoms with E-state index in [-0.39, 0.29) is 17.7 Å². The van der Waals surface area contributed by atoms with Gasteiger partial charge in [-0.2, -0.15) is 5.26 Å². The number of rotatable bonds is 5. The van der Waals surface area contributed by atoms with Crippen LogP contribution in [0.4, 0.5) is 0 Å². The molecule has 1 amide bonds. The summed E-state index contributed by atoms with van der Waals surface area (Å²) in [5.41, 5.74) is 2.54. The standard InChI is InChI=1S/C28H41N5OS/c1-18-20(12-16-33(17-28(18,5)6)23(34)11-15-29)7-8-22-24-26(31-19(2)30-22)35-25(32-24)21-9-13-27(3,4)14-10-21/h18,20-21H,7-14,16-17H2,1-6H3. The Morgan fingerprint density at radius 3 is 2.54 bits per heavy atom. The van der Waals surface area contributed by atoms with Gasteiger partial charge in [0, 0.05) is 19.0 Å². The van der Waals surface area contributed by atoms with Gasteiger partial charge in [-0.15, -0.1) is 0 Å². The lowest BCUT2D eigenvalue weighted by atomic mass is 9.71. The molecule has 2 aliphatic rings. The molecule has 2 atom stereocenters. The molecule has 1 saturated carbocycles. The summed E-state index contributed by atoms with van der Waals surface area (Å²) in [4.78, 5) is 30.1. The first-order chi connectivity index (χ1) is 16.5. The molecular formula is C28H41N5OS. The highest BCUT2D eigenvalue weighted by molar-refractivity contribution is 7.18. The molecule has 3 heterocycles. The van der Waals surface area contributed by atoms with Gasteiger partial charge in [0.25, 0.3) is 0 Å². The predicted octanol–water partition coefficient (Wildman–Crippen LogP) is 6.44. The highest BCUT2D eigenvalue weighted by Crippen LogP contribution is 2.44. The van der Waals surface area contributed by atoms with Gasteiger partial charge in [-0.05, 0) is 74.5 Å². The smallest absolute Gasteiger partial charge is 0.236 e. The Morgan fingerprint density at radius 1 is 1.14 bits per heavy atom. The minimum Gasteiger partial charge on any atom is -0.341 e. The topological polar surface area (TPSA) is 82.8 Å². The minimum absolute atomic E-state index is 0.00571. The summed E-state index contributed by atoms with van der Waals surface area (Å²) < 4.78 is 0. The van der Waals surface area contributed by atoms with Crippen LogP contribution in [0, 0.1) is 40.9 Å². The van der Waals surface area contributed by atoms with Crippen molar-refractivity contribution in [2.75, 3.05) is 13.1 Å². The van der Waals surface area contributed by atoms with E-state index in [1.54, 1.807) is 11.3 Å². The molecule has 190 valence electrons. The molecule has 2 aromatic heterocycles. The third-order valence-corrected chi connectivity index (χ3v) is 9.90. The second kappa shape index (κ2) is 10.1. The zero-order valence-electron chi connectivity index (χ0n) is 22.4. The van der Waals surface area contributed by atoms with E-state index in [0.717, 1.165) is 54.2 Å². The molecule has 2 aromatic rings. The summed E-state index contributed by atoms with van der Waals surface area (Å²) in [6.07, 6.45) is 7.79. The molecule has 2 unspecified atom stereocenters. The van der Waals surface area contributed by atoms with Gasteiger partial charge in [-0.1, -0.05) is 46.0 Å². The highest BCUT2D eigenvalue weighted by atomic mass is 32.1. The summed E-state index contributed by atoms with van der Waals surface area (Å²) in [7, 11) is 0. The van der Waals surface area contributed by atoms with E-state index >= 15 is 0 Å². The lowest BCUT2D eigenvalue weighted by Crippen LogP contribution is -2.39. The van der Waals surface area contributed by atoms with Crippen LogP contribution in [-0.4, -0.2) is 38.8 Å². The van der Waals surface area contributed by atoms with Crippen molar-refractivity contribution in [2.24, 2.45) is 22.7 Å². The predicted molar refractivity (Wildman–Crippen MR) is 141 cm³/mol. The number of carbonyl (C=O) groups excluding carboxylic acids is 1. The van der Waals surface area contributed by atoms with E-state index in [1.165, 1.54) is 30.7 Å². The van der Waals surface area contributed by atoms with Gasteiger partial charge in [-0.3, -0.25) is 4.79 Å². The average molecular weight is 496 g/mol. The zero-order chi connectivity index (χ0) is 25.4. The van der Waals surface area contributed by atoms with E-state index < -0.39 is 0 Å². The highest BCUT2D eigenvalue weighted by Gasteiger charge is 2.38. The third kappa shape index (κ3) is 5.85. The number of aryl methyl sites for hydroxylation is 2. The van der Waals surface area contributed by atoms with Crippen molar-refractivity contribution in [1.29, 1.82) is 5.26 Å². The number of aromatic nitrogens is 3. The number of nitrogens with zero attached hydrogens (tertiary/aromatic N) is 5. The Labute approximate surface area is 214 Å². The van der Waals surface area contributed by atoms with Crippen molar-refractivity contribution < 1.29 is 4.79 Å². The lowest BCUT2D eigenvalue weighted by Gasteiger charge is -2.36. The van der Waals surface area contributed by atoms with Crippen LogP contribution in [0.2, 0.25) is 0 Å². The summed E-state index contributed by atoms with van der Waals surface area (Å²) >= 11 is 1.77. The molecule has 1 aliphatic carbocycles. The van der Waals surface area contributed by atoms with E-state index in [2.05, 4.69) is 34.6 Å². The molecule has 35 heavy (non-hydrogen) atoms. The fourth-order valence-electron chi connectivity index (χ4n) is 6.04. The largest absolute Gasteiger partial charge is 0.341 e. The van der Waals surface area contributed by atoms with E-state index in [4.69, 9.17) is 20.2 Å². The number of amides is 1. The fraction of sp³-hybridized carbons (Fsp3) is 0.750. The van der Waals surface area contributed by atoms with Crippen molar-refractivity contribution >= 4 is 27.6 Å². The Bertz CT molecular complexity index is 1100. The van der Waals surface area contributed by atoms with Crippen molar-refractivity contribution in [2.45, 2.75) is 98.8 Å². The fourth-order valence-corrected chi connectivity index (χ4v) is 7.22. The number of likely N-dealkylation sites (tertiary alicyclic amines) is 1. The maximum atomic E-state index is 12.5. The first-order valence-corrected chi connectivity index (χ1v) is 14.1. The second-order valence-electron chi connectivity index (χ2n) is 12.4. The Hall–Kier alpha value is -2.07. The number of hydrogen-bond acceptors (Lipinski definition) is 6. The Balaban J connectivity index is 1.51. The SMILES string of the molecule is Cc1nc(CCC2CCN(C(=O)CC#N)CC(C)(C)C2C)c2nc(C3CCC(C)(C)CC3)sc2n1. The molecule has 4 rings (SSSR count). The van der Waals surface area contributed by atoms with Gasteiger partial charge in [0.05, 0.1) is 16.8 Å². The molecule has 6 nitrogen and oxygen atoms in total. The van der Waals surface area contributed by atoms with Crippen LogP contribution >= 0.6 is 11.3 Å². The van der Waals surface area contributed by atoms with Crippen molar-refractivity contribution in [3.8, 4) is 6.07 Å². The first-order valence-electron chi connectivity index (χ1n) is 13.3. The van der Waals surface area contributed by atoms with E-state index in [1.807, 2.05) is 17.9 Å².